The minimum Gasteiger partial charge on any atom is -0.298 e. The van der Waals surface area contributed by atoms with Crippen LogP contribution in [-0.4, -0.2) is 25.4 Å². The van der Waals surface area contributed by atoms with E-state index in [4.69, 9.17) is 0 Å². The van der Waals surface area contributed by atoms with Crippen LogP contribution in [0.4, 0.5) is 5.13 Å². The number of hydrogen-bond donors (Lipinski definition) is 2. The minimum absolute atomic E-state index is 0.143. The van der Waals surface area contributed by atoms with Crippen molar-refractivity contribution in [2.24, 2.45) is 0 Å². The van der Waals surface area contributed by atoms with E-state index in [1.807, 2.05) is 0 Å². The highest BCUT2D eigenvalue weighted by Gasteiger charge is 2.18. The summed E-state index contributed by atoms with van der Waals surface area (Å²) in [7, 11) is -3.56. The number of aromatic nitrogens is 1. The van der Waals surface area contributed by atoms with Crippen molar-refractivity contribution in [3.8, 4) is 0 Å². The van der Waals surface area contributed by atoms with E-state index in [0.29, 0.717) is 10.7 Å². The molecule has 2 aromatic rings. The fourth-order valence-corrected chi connectivity index (χ4v) is 5.39. The summed E-state index contributed by atoms with van der Waals surface area (Å²) in [5, 5.41) is 3.47. The van der Waals surface area contributed by atoms with Gasteiger partial charge in [0, 0.05) is 16.5 Å². The summed E-state index contributed by atoms with van der Waals surface area (Å²) < 4.78 is 26.9. The molecule has 1 aromatic carbocycles. The van der Waals surface area contributed by atoms with Crippen molar-refractivity contribution < 1.29 is 13.2 Å². The summed E-state index contributed by atoms with van der Waals surface area (Å²) in [6.45, 7) is 3.52. The number of thiazole rings is 1. The van der Waals surface area contributed by atoms with Gasteiger partial charge in [0.2, 0.25) is 10.0 Å². The number of carbonyl (C=O) groups excluding carboxylic acids is 1. The lowest BCUT2D eigenvalue weighted by Gasteiger charge is -2.10. The molecule has 3 rings (SSSR count). The van der Waals surface area contributed by atoms with E-state index < -0.39 is 10.0 Å². The first-order valence-electron chi connectivity index (χ1n) is 9.27. The zero-order valence-corrected chi connectivity index (χ0v) is 17.3. The van der Waals surface area contributed by atoms with Gasteiger partial charge in [0.15, 0.2) is 5.13 Å². The van der Waals surface area contributed by atoms with E-state index in [9.17, 15) is 13.2 Å². The Hall–Kier alpha value is -1.77. The molecule has 0 saturated heterocycles. The largest absolute Gasteiger partial charge is 0.298 e. The molecule has 1 heterocycles. The van der Waals surface area contributed by atoms with Crippen LogP contribution in [0.2, 0.25) is 0 Å². The summed E-state index contributed by atoms with van der Waals surface area (Å²) in [6.07, 6.45) is 6.79. The monoisotopic (exact) mass is 407 g/mol. The Labute approximate surface area is 164 Å². The molecule has 146 valence electrons. The van der Waals surface area contributed by atoms with Crippen molar-refractivity contribution in [1.29, 1.82) is 0 Å². The van der Waals surface area contributed by atoms with Gasteiger partial charge in [-0.2, -0.15) is 0 Å². The number of rotatable bonds is 5. The number of sulfonamides is 1. The number of hydrogen-bond acceptors (Lipinski definition) is 5. The van der Waals surface area contributed by atoms with Gasteiger partial charge in [-0.3, -0.25) is 10.1 Å². The SMILES string of the molecule is CC(C)NS(=O)(=O)c1ccc(C(=O)Nc2nc3c(s2)CCCCCC3)cc1. The number of aryl methyl sites for hydroxylation is 2. The second-order valence-electron chi connectivity index (χ2n) is 7.06. The fraction of sp³-hybridized carbons (Fsp3) is 0.474. The molecule has 8 heteroatoms. The molecular weight excluding hydrogens is 382 g/mol. The number of benzene rings is 1. The topological polar surface area (TPSA) is 88.2 Å². The smallest absolute Gasteiger partial charge is 0.257 e. The van der Waals surface area contributed by atoms with Crippen molar-refractivity contribution >= 4 is 32.4 Å². The van der Waals surface area contributed by atoms with E-state index in [1.54, 1.807) is 25.2 Å². The van der Waals surface area contributed by atoms with Crippen LogP contribution in [0, 0.1) is 0 Å². The maximum atomic E-state index is 12.5. The van der Waals surface area contributed by atoms with Gasteiger partial charge in [0.05, 0.1) is 10.6 Å². The first kappa shape index (κ1) is 20.0. The highest BCUT2D eigenvalue weighted by molar-refractivity contribution is 7.89. The van der Waals surface area contributed by atoms with E-state index in [0.717, 1.165) is 25.0 Å². The third kappa shape index (κ3) is 5.15. The maximum Gasteiger partial charge on any atom is 0.257 e. The first-order chi connectivity index (χ1) is 12.8. The summed E-state index contributed by atoms with van der Waals surface area (Å²) in [4.78, 5) is 18.5. The summed E-state index contributed by atoms with van der Waals surface area (Å²) >= 11 is 1.55. The number of amides is 1. The lowest BCUT2D eigenvalue weighted by Crippen LogP contribution is -2.30. The van der Waals surface area contributed by atoms with Gasteiger partial charge in [-0.25, -0.2) is 18.1 Å². The molecule has 1 aliphatic rings. The van der Waals surface area contributed by atoms with E-state index in [-0.39, 0.29) is 16.8 Å². The summed E-state index contributed by atoms with van der Waals surface area (Å²) in [5.74, 6) is -0.280. The highest BCUT2D eigenvalue weighted by atomic mass is 32.2. The van der Waals surface area contributed by atoms with Crippen LogP contribution in [0.15, 0.2) is 29.2 Å². The minimum atomic E-state index is -3.56. The van der Waals surface area contributed by atoms with E-state index in [1.165, 1.54) is 48.4 Å². The molecule has 6 nitrogen and oxygen atoms in total. The molecule has 2 N–H and O–H groups in total. The molecule has 0 aliphatic heterocycles. The van der Waals surface area contributed by atoms with Crippen LogP contribution in [0.25, 0.3) is 0 Å². The first-order valence-corrected chi connectivity index (χ1v) is 11.6. The quantitative estimate of drug-likeness (QED) is 0.790. The molecule has 1 aromatic heterocycles. The Balaban J connectivity index is 1.70. The van der Waals surface area contributed by atoms with Gasteiger partial charge in [-0.1, -0.05) is 12.8 Å². The van der Waals surface area contributed by atoms with Crippen molar-refractivity contribution in [2.45, 2.75) is 63.3 Å². The third-order valence-corrected chi connectivity index (χ3v) is 7.13. The molecule has 0 fully saturated rings. The van der Waals surface area contributed by atoms with Gasteiger partial charge in [0.1, 0.15) is 0 Å². The Morgan fingerprint density at radius 2 is 1.74 bits per heavy atom. The van der Waals surface area contributed by atoms with Crippen LogP contribution in [0.1, 0.15) is 60.5 Å². The summed E-state index contributed by atoms with van der Waals surface area (Å²) in [5.41, 5.74) is 1.51. The molecule has 0 bridgehead atoms. The van der Waals surface area contributed by atoms with Crippen molar-refractivity contribution in [3.63, 3.8) is 0 Å². The number of anilines is 1. The lowest BCUT2D eigenvalue weighted by atomic mass is 10.0. The van der Waals surface area contributed by atoms with Crippen LogP contribution in [0.3, 0.4) is 0 Å². The molecular formula is C19H25N3O3S2. The zero-order valence-electron chi connectivity index (χ0n) is 15.6. The summed E-state index contributed by atoms with van der Waals surface area (Å²) in [6, 6.07) is 5.74. The standard InChI is InChI=1S/C19H25N3O3S2/c1-13(2)22-27(24,25)15-11-9-14(10-12-15)18(23)21-19-20-16-7-5-3-4-6-8-17(16)26-19/h9-13,22H,3-8H2,1-2H3,(H,20,21,23). The van der Waals surface area contributed by atoms with Crippen molar-refractivity contribution in [3.05, 3.63) is 40.4 Å². The predicted molar refractivity (Wildman–Crippen MR) is 108 cm³/mol. The average Bonchev–Trinajstić information content (AvgIpc) is 2.94. The van der Waals surface area contributed by atoms with Crippen LogP contribution >= 0.6 is 11.3 Å². The van der Waals surface area contributed by atoms with Crippen LogP contribution < -0.4 is 10.0 Å². The zero-order chi connectivity index (χ0) is 19.4. The van der Waals surface area contributed by atoms with Gasteiger partial charge in [0.25, 0.3) is 5.91 Å². The second-order valence-corrected chi connectivity index (χ2v) is 9.86. The average molecular weight is 408 g/mol. The molecule has 27 heavy (non-hydrogen) atoms. The van der Waals surface area contributed by atoms with E-state index >= 15 is 0 Å². The Kier molecular flexibility index (Phi) is 6.29. The van der Waals surface area contributed by atoms with Gasteiger partial charge < -0.3 is 0 Å². The molecule has 1 aliphatic carbocycles. The lowest BCUT2D eigenvalue weighted by molar-refractivity contribution is 0.102. The van der Waals surface area contributed by atoms with Crippen LogP contribution in [0.5, 0.6) is 0 Å². The normalized spacial score (nSPS) is 15.1. The fourth-order valence-electron chi connectivity index (χ4n) is 3.09. The molecule has 1 amide bonds. The highest BCUT2D eigenvalue weighted by Crippen LogP contribution is 2.28. The number of fused-ring (bicyclic) bond motifs is 1. The molecule has 0 saturated carbocycles. The third-order valence-electron chi connectivity index (χ3n) is 4.38. The molecule has 0 unspecified atom stereocenters. The van der Waals surface area contributed by atoms with Gasteiger partial charge in [-0.05, 0) is 63.8 Å². The van der Waals surface area contributed by atoms with Crippen molar-refractivity contribution in [1.82, 2.24) is 9.71 Å². The van der Waals surface area contributed by atoms with Gasteiger partial charge in [-0.15, -0.1) is 11.3 Å². The van der Waals surface area contributed by atoms with Gasteiger partial charge >= 0.3 is 0 Å². The molecule has 0 radical (unpaired) electrons. The molecule has 0 spiro atoms. The second kappa shape index (κ2) is 8.50. The maximum absolute atomic E-state index is 12.5. The van der Waals surface area contributed by atoms with Crippen LogP contribution in [-0.2, 0) is 22.9 Å². The number of nitrogens with zero attached hydrogens (tertiary/aromatic N) is 1. The van der Waals surface area contributed by atoms with E-state index in [2.05, 4.69) is 15.0 Å². The van der Waals surface area contributed by atoms with Crippen molar-refractivity contribution in [2.75, 3.05) is 5.32 Å². The predicted octanol–water partition coefficient (Wildman–Crippen LogP) is 3.74. The number of carbonyl (C=O) groups is 1. The Bertz CT molecular complexity index is 877. The number of nitrogens with one attached hydrogen (secondary N) is 2. The Morgan fingerprint density at radius 3 is 2.41 bits per heavy atom. The molecule has 0 atom stereocenters. The Morgan fingerprint density at radius 1 is 1.07 bits per heavy atom.